The lowest BCUT2D eigenvalue weighted by molar-refractivity contribution is -0.124. The third kappa shape index (κ3) is 3.06. The van der Waals surface area contributed by atoms with Gasteiger partial charge in [0, 0.05) is 12.5 Å². The van der Waals surface area contributed by atoms with E-state index in [-0.39, 0.29) is 17.6 Å². The molecule has 1 amide bonds. The van der Waals surface area contributed by atoms with Crippen LogP contribution in [0.1, 0.15) is 24.8 Å². The van der Waals surface area contributed by atoms with Crippen LogP contribution in [0, 0.1) is 11.7 Å². The molecule has 4 heteroatoms. The van der Waals surface area contributed by atoms with E-state index in [4.69, 9.17) is 0 Å². The fourth-order valence-corrected chi connectivity index (χ4v) is 2.60. The molecule has 92 valence electrons. The van der Waals surface area contributed by atoms with Crippen LogP contribution in [0.25, 0.3) is 0 Å². The number of hydrogen-bond donors (Lipinski definition) is 1. The van der Waals surface area contributed by atoms with Gasteiger partial charge in [-0.2, -0.15) is 0 Å². The molecule has 0 aromatic heterocycles. The van der Waals surface area contributed by atoms with Crippen molar-refractivity contribution < 1.29 is 9.18 Å². The second-order valence-corrected chi connectivity index (χ2v) is 5.19. The van der Waals surface area contributed by atoms with Gasteiger partial charge in [-0.05, 0) is 46.8 Å². The standard InChI is InChI=1S/C13H15BrFNO/c14-12-9(5-3-6-11(12)15)8-10-4-1-2-7-16-13(10)17/h3,5-6,10H,1-2,4,7-8H2,(H,16,17). The number of carbonyl (C=O) groups excluding carboxylic acids is 1. The minimum absolute atomic E-state index is 0.0319. The van der Waals surface area contributed by atoms with Crippen LogP contribution < -0.4 is 5.32 Å². The summed E-state index contributed by atoms with van der Waals surface area (Å²) in [6.07, 6.45) is 3.57. The predicted octanol–water partition coefficient (Wildman–Crippen LogP) is 3.05. The monoisotopic (exact) mass is 299 g/mol. The smallest absolute Gasteiger partial charge is 0.223 e. The van der Waals surface area contributed by atoms with Crippen LogP contribution in [0.15, 0.2) is 22.7 Å². The van der Waals surface area contributed by atoms with Crippen LogP contribution in [0.2, 0.25) is 0 Å². The second-order valence-electron chi connectivity index (χ2n) is 4.40. The molecule has 1 unspecified atom stereocenters. The molecule has 17 heavy (non-hydrogen) atoms. The van der Waals surface area contributed by atoms with Crippen molar-refractivity contribution in [1.82, 2.24) is 5.32 Å². The lowest BCUT2D eigenvalue weighted by Crippen LogP contribution is -2.30. The van der Waals surface area contributed by atoms with Crippen molar-refractivity contribution in [2.45, 2.75) is 25.7 Å². The molecule has 1 N–H and O–H groups in total. The van der Waals surface area contributed by atoms with Crippen LogP contribution in [-0.4, -0.2) is 12.5 Å². The van der Waals surface area contributed by atoms with Crippen molar-refractivity contribution in [3.05, 3.63) is 34.1 Å². The van der Waals surface area contributed by atoms with E-state index < -0.39 is 0 Å². The summed E-state index contributed by atoms with van der Waals surface area (Å²) in [5, 5.41) is 2.90. The average Bonchev–Trinajstić information content (AvgIpc) is 2.51. The Kier molecular flexibility index (Phi) is 4.15. The summed E-state index contributed by atoms with van der Waals surface area (Å²) in [6, 6.07) is 4.97. The van der Waals surface area contributed by atoms with Crippen LogP contribution >= 0.6 is 15.9 Å². The molecule has 1 aliphatic rings. The van der Waals surface area contributed by atoms with Gasteiger partial charge < -0.3 is 5.32 Å². The maximum Gasteiger partial charge on any atom is 0.223 e. The molecule has 0 saturated carbocycles. The molecule has 1 aliphatic heterocycles. The van der Waals surface area contributed by atoms with Gasteiger partial charge in [0.2, 0.25) is 5.91 Å². The number of benzene rings is 1. The van der Waals surface area contributed by atoms with Gasteiger partial charge in [0.25, 0.3) is 0 Å². The predicted molar refractivity (Wildman–Crippen MR) is 68.2 cm³/mol. The SMILES string of the molecule is O=C1NCCCCC1Cc1cccc(F)c1Br. The summed E-state index contributed by atoms with van der Waals surface area (Å²) in [6.45, 7) is 0.764. The second kappa shape index (κ2) is 5.63. The van der Waals surface area contributed by atoms with E-state index in [2.05, 4.69) is 21.2 Å². The summed E-state index contributed by atoms with van der Waals surface area (Å²) in [4.78, 5) is 11.8. The maximum absolute atomic E-state index is 13.4. The summed E-state index contributed by atoms with van der Waals surface area (Å²) in [5.41, 5.74) is 0.868. The van der Waals surface area contributed by atoms with Crippen LogP contribution in [0.4, 0.5) is 4.39 Å². The molecule has 0 aliphatic carbocycles. The first-order valence-corrected chi connectivity index (χ1v) is 6.68. The van der Waals surface area contributed by atoms with Gasteiger partial charge in [-0.1, -0.05) is 18.6 Å². The molecule has 1 aromatic rings. The van der Waals surface area contributed by atoms with Gasteiger partial charge in [-0.15, -0.1) is 0 Å². The van der Waals surface area contributed by atoms with E-state index in [1.165, 1.54) is 6.07 Å². The Morgan fingerprint density at radius 2 is 2.24 bits per heavy atom. The van der Waals surface area contributed by atoms with Crippen LogP contribution in [0.5, 0.6) is 0 Å². The van der Waals surface area contributed by atoms with Gasteiger partial charge in [0.15, 0.2) is 0 Å². The average molecular weight is 300 g/mol. The minimum Gasteiger partial charge on any atom is -0.356 e. The van der Waals surface area contributed by atoms with E-state index in [1.807, 2.05) is 6.07 Å². The van der Waals surface area contributed by atoms with Crippen LogP contribution in [-0.2, 0) is 11.2 Å². The highest BCUT2D eigenvalue weighted by Crippen LogP contribution is 2.25. The van der Waals surface area contributed by atoms with Crippen molar-refractivity contribution in [1.29, 1.82) is 0 Å². The number of rotatable bonds is 2. The fraction of sp³-hybridized carbons (Fsp3) is 0.462. The van der Waals surface area contributed by atoms with E-state index >= 15 is 0 Å². The maximum atomic E-state index is 13.4. The Bertz CT molecular complexity index is 422. The first-order valence-electron chi connectivity index (χ1n) is 5.89. The Morgan fingerprint density at radius 3 is 3.06 bits per heavy atom. The van der Waals surface area contributed by atoms with Crippen molar-refractivity contribution in [2.24, 2.45) is 5.92 Å². The molecule has 0 bridgehead atoms. The first-order chi connectivity index (χ1) is 8.18. The van der Waals surface area contributed by atoms with Gasteiger partial charge in [-0.3, -0.25) is 4.79 Å². The third-order valence-electron chi connectivity index (χ3n) is 3.15. The quantitative estimate of drug-likeness (QED) is 0.893. The normalized spacial score (nSPS) is 20.8. The van der Waals surface area contributed by atoms with E-state index in [0.717, 1.165) is 31.4 Å². The highest BCUT2D eigenvalue weighted by Gasteiger charge is 2.22. The van der Waals surface area contributed by atoms with E-state index in [1.54, 1.807) is 6.07 Å². The fourth-order valence-electron chi connectivity index (χ4n) is 2.17. The molecule has 1 fully saturated rings. The molecule has 0 spiro atoms. The summed E-state index contributed by atoms with van der Waals surface area (Å²) in [7, 11) is 0. The molecule has 2 rings (SSSR count). The van der Waals surface area contributed by atoms with Gasteiger partial charge in [0.1, 0.15) is 5.82 Å². The van der Waals surface area contributed by atoms with E-state index in [9.17, 15) is 9.18 Å². The van der Waals surface area contributed by atoms with Crippen molar-refractivity contribution in [2.75, 3.05) is 6.54 Å². The van der Waals surface area contributed by atoms with Gasteiger partial charge >= 0.3 is 0 Å². The lowest BCUT2D eigenvalue weighted by atomic mass is 9.94. The molecule has 2 nitrogen and oxygen atoms in total. The molecular formula is C13H15BrFNO. The molecule has 1 aromatic carbocycles. The highest BCUT2D eigenvalue weighted by molar-refractivity contribution is 9.10. The Labute approximate surface area is 109 Å². The van der Waals surface area contributed by atoms with Crippen molar-refractivity contribution in [3.8, 4) is 0 Å². The van der Waals surface area contributed by atoms with Crippen LogP contribution in [0.3, 0.4) is 0 Å². The number of amides is 1. The zero-order valence-electron chi connectivity index (χ0n) is 9.51. The highest BCUT2D eigenvalue weighted by atomic mass is 79.9. The van der Waals surface area contributed by atoms with Crippen molar-refractivity contribution in [3.63, 3.8) is 0 Å². The topological polar surface area (TPSA) is 29.1 Å². The summed E-state index contributed by atoms with van der Waals surface area (Å²) < 4.78 is 13.8. The van der Waals surface area contributed by atoms with Gasteiger partial charge in [-0.25, -0.2) is 4.39 Å². The van der Waals surface area contributed by atoms with E-state index in [0.29, 0.717) is 10.9 Å². The summed E-state index contributed by atoms with van der Waals surface area (Å²) >= 11 is 3.24. The number of carbonyl (C=O) groups is 1. The Morgan fingerprint density at radius 1 is 1.41 bits per heavy atom. The lowest BCUT2D eigenvalue weighted by Gasteiger charge is -2.14. The van der Waals surface area contributed by atoms with Gasteiger partial charge in [0.05, 0.1) is 4.47 Å². The zero-order valence-corrected chi connectivity index (χ0v) is 11.1. The minimum atomic E-state index is -0.267. The summed E-state index contributed by atoms with van der Waals surface area (Å²) in [5.74, 6) is -0.203. The molecular weight excluding hydrogens is 285 g/mol. The number of halogens is 2. The molecule has 1 heterocycles. The molecule has 1 atom stereocenters. The first kappa shape index (κ1) is 12.6. The Balaban J connectivity index is 2.13. The molecule has 0 radical (unpaired) electrons. The number of hydrogen-bond acceptors (Lipinski definition) is 1. The molecule has 1 saturated heterocycles. The number of nitrogens with one attached hydrogen (secondary N) is 1. The largest absolute Gasteiger partial charge is 0.356 e. The Hall–Kier alpha value is -0.900. The van der Waals surface area contributed by atoms with Crippen molar-refractivity contribution >= 4 is 21.8 Å². The zero-order chi connectivity index (χ0) is 12.3. The third-order valence-corrected chi connectivity index (χ3v) is 4.04.